The molecule has 158 valence electrons. The molecular formula is C23H28N4O2S. The van der Waals surface area contributed by atoms with Crippen LogP contribution < -0.4 is 4.90 Å². The summed E-state index contributed by atoms with van der Waals surface area (Å²) in [6.45, 7) is 6.10. The van der Waals surface area contributed by atoms with Crippen molar-refractivity contribution in [1.82, 2.24) is 9.80 Å². The molecule has 2 aromatic carbocycles. The first-order valence-electron chi connectivity index (χ1n) is 10.5. The van der Waals surface area contributed by atoms with Crippen LogP contribution in [0.25, 0.3) is 10.8 Å². The van der Waals surface area contributed by atoms with Crippen molar-refractivity contribution in [3.8, 4) is 0 Å². The van der Waals surface area contributed by atoms with Gasteiger partial charge < -0.3 is 9.80 Å². The van der Waals surface area contributed by atoms with E-state index in [-0.39, 0.29) is 11.8 Å². The van der Waals surface area contributed by atoms with Gasteiger partial charge in [0, 0.05) is 67.4 Å². The van der Waals surface area contributed by atoms with Gasteiger partial charge in [-0.15, -0.1) is 0 Å². The minimum absolute atomic E-state index is 0.169. The number of hydrogen-bond donors (Lipinski definition) is 0. The summed E-state index contributed by atoms with van der Waals surface area (Å²) in [6.07, 6.45) is 3.82. The molecule has 2 aliphatic rings. The molecule has 2 aromatic rings. The van der Waals surface area contributed by atoms with Crippen LogP contribution in [0.4, 0.5) is 5.69 Å². The van der Waals surface area contributed by atoms with E-state index < -0.39 is 0 Å². The number of unbranched alkanes of at least 4 members (excludes halogenated alkanes) is 1. The maximum absolute atomic E-state index is 13.1. The van der Waals surface area contributed by atoms with Gasteiger partial charge in [-0.05, 0) is 30.9 Å². The van der Waals surface area contributed by atoms with Crippen molar-refractivity contribution in [3.63, 3.8) is 0 Å². The molecule has 0 aliphatic carbocycles. The Bertz CT molecular complexity index is 989. The highest BCUT2D eigenvalue weighted by atomic mass is 32.2. The van der Waals surface area contributed by atoms with Gasteiger partial charge in [0.2, 0.25) is 0 Å². The summed E-state index contributed by atoms with van der Waals surface area (Å²) in [5, 5.41) is 2.86. The lowest BCUT2D eigenvalue weighted by atomic mass is 9.92. The second-order valence-electron chi connectivity index (χ2n) is 7.66. The lowest BCUT2D eigenvalue weighted by molar-refractivity contribution is 0.0608. The van der Waals surface area contributed by atoms with E-state index in [1.807, 2.05) is 37.4 Å². The predicted octanol–water partition coefficient (Wildman–Crippen LogP) is 3.71. The van der Waals surface area contributed by atoms with Crippen molar-refractivity contribution in [3.05, 3.63) is 41.5 Å². The van der Waals surface area contributed by atoms with Crippen LogP contribution in [0.15, 0.2) is 35.3 Å². The van der Waals surface area contributed by atoms with Crippen LogP contribution in [0.1, 0.15) is 40.5 Å². The quantitative estimate of drug-likeness (QED) is 0.426. The number of nitrogens with zero attached hydrogens (tertiary/aromatic N) is 4. The number of carbonyl (C=O) groups is 2. The summed E-state index contributed by atoms with van der Waals surface area (Å²) < 4.78 is 0. The smallest absolute Gasteiger partial charge is 0.261 e. The van der Waals surface area contributed by atoms with Gasteiger partial charge in [-0.2, -0.15) is 0 Å². The van der Waals surface area contributed by atoms with E-state index in [1.54, 1.807) is 11.8 Å². The Morgan fingerprint density at radius 2 is 1.73 bits per heavy atom. The third kappa shape index (κ3) is 3.45. The molecule has 0 spiro atoms. The van der Waals surface area contributed by atoms with E-state index in [9.17, 15) is 9.59 Å². The third-order valence-corrected chi connectivity index (χ3v) is 6.77. The normalized spacial score (nSPS) is 17.3. The molecule has 1 saturated heterocycles. The number of aliphatic imine (C=N–C) groups is 1. The molecule has 2 heterocycles. The largest absolute Gasteiger partial charge is 0.367 e. The molecular weight excluding hydrogens is 396 g/mol. The Balaban J connectivity index is 1.68. The maximum Gasteiger partial charge on any atom is 0.261 e. The van der Waals surface area contributed by atoms with Crippen LogP contribution in [0, 0.1) is 0 Å². The molecule has 2 aliphatic heterocycles. The van der Waals surface area contributed by atoms with Crippen LogP contribution in [-0.2, 0) is 0 Å². The van der Waals surface area contributed by atoms with Crippen LogP contribution in [0.5, 0.6) is 0 Å². The van der Waals surface area contributed by atoms with E-state index in [2.05, 4.69) is 28.0 Å². The van der Waals surface area contributed by atoms with Gasteiger partial charge in [-0.3, -0.25) is 19.5 Å². The summed E-state index contributed by atoms with van der Waals surface area (Å²) >= 11 is 1.67. The fourth-order valence-electron chi connectivity index (χ4n) is 4.43. The standard InChI is InChI=1S/C23H28N4O2S/c1-4-5-11-27-21(28)17-8-6-7-16-19(10-9-18(20(16)17)22(27)29)25-12-14-26(15-13-25)23(24-2)30-3/h6-10H,4-5,11-15H2,1-3H3. The highest BCUT2D eigenvalue weighted by Crippen LogP contribution is 2.36. The van der Waals surface area contributed by atoms with Crippen LogP contribution in [0.2, 0.25) is 0 Å². The molecule has 2 amide bonds. The zero-order valence-corrected chi connectivity index (χ0v) is 18.7. The van der Waals surface area contributed by atoms with Crippen molar-refractivity contribution < 1.29 is 9.59 Å². The topological polar surface area (TPSA) is 56.2 Å². The Morgan fingerprint density at radius 3 is 2.37 bits per heavy atom. The number of carbonyl (C=O) groups excluding carboxylic acids is 2. The average molecular weight is 425 g/mol. The molecule has 0 aromatic heterocycles. The monoisotopic (exact) mass is 424 g/mol. The molecule has 30 heavy (non-hydrogen) atoms. The zero-order valence-electron chi connectivity index (χ0n) is 17.9. The van der Waals surface area contributed by atoms with Crippen LogP contribution >= 0.6 is 11.8 Å². The van der Waals surface area contributed by atoms with Gasteiger partial charge in [0.15, 0.2) is 5.17 Å². The minimum atomic E-state index is -0.169. The number of thioether (sulfide) groups is 1. The molecule has 6 nitrogen and oxygen atoms in total. The summed E-state index contributed by atoms with van der Waals surface area (Å²) in [5.74, 6) is -0.338. The van der Waals surface area contributed by atoms with Crippen molar-refractivity contribution in [1.29, 1.82) is 0 Å². The van der Waals surface area contributed by atoms with Gasteiger partial charge >= 0.3 is 0 Å². The Labute approximate surface area is 181 Å². The van der Waals surface area contributed by atoms with Crippen LogP contribution in [-0.4, -0.2) is 72.8 Å². The van der Waals surface area contributed by atoms with E-state index in [0.717, 1.165) is 60.6 Å². The highest BCUT2D eigenvalue weighted by molar-refractivity contribution is 8.13. The van der Waals surface area contributed by atoms with Crippen molar-refractivity contribution in [2.45, 2.75) is 19.8 Å². The number of rotatable bonds is 4. The third-order valence-electron chi connectivity index (χ3n) is 5.97. The second-order valence-corrected chi connectivity index (χ2v) is 8.43. The van der Waals surface area contributed by atoms with E-state index in [4.69, 9.17) is 0 Å². The maximum atomic E-state index is 13.1. The van der Waals surface area contributed by atoms with E-state index in [1.165, 1.54) is 4.90 Å². The molecule has 1 fully saturated rings. The number of imide groups is 1. The summed E-state index contributed by atoms with van der Waals surface area (Å²) in [4.78, 5) is 36.6. The van der Waals surface area contributed by atoms with Crippen molar-refractivity contribution >= 4 is 45.2 Å². The molecule has 0 atom stereocenters. The van der Waals surface area contributed by atoms with Gasteiger partial charge in [0.05, 0.1) is 0 Å². The predicted molar refractivity (Wildman–Crippen MR) is 125 cm³/mol. The van der Waals surface area contributed by atoms with Crippen molar-refractivity contribution in [2.24, 2.45) is 4.99 Å². The molecule has 4 rings (SSSR count). The molecule has 0 unspecified atom stereocenters. The number of benzene rings is 2. The molecule has 0 radical (unpaired) electrons. The summed E-state index contributed by atoms with van der Waals surface area (Å²) in [6, 6.07) is 9.77. The molecule has 0 saturated carbocycles. The van der Waals surface area contributed by atoms with Gasteiger partial charge in [-0.25, -0.2) is 0 Å². The Kier molecular flexibility index (Phi) is 5.99. The summed E-state index contributed by atoms with van der Waals surface area (Å²) in [5.41, 5.74) is 2.37. The second kappa shape index (κ2) is 8.68. The zero-order chi connectivity index (χ0) is 21.3. The number of amidine groups is 1. The number of anilines is 1. The Hall–Kier alpha value is -2.54. The first kappa shape index (κ1) is 20.7. The van der Waals surface area contributed by atoms with Crippen LogP contribution in [0.3, 0.4) is 0 Å². The first-order valence-corrected chi connectivity index (χ1v) is 11.8. The summed E-state index contributed by atoms with van der Waals surface area (Å²) in [7, 11) is 1.84. The SMILES string of the molecule is CCCCN1C(=O)c2cccc3c(N4CCN(C(=NC)SC)CC4)ccc(c23)C1=O. The number of hydrogen-bond acceptors (Lipinski definition) is 5. The van der Waals surface area contributed by atoms with E-state index >= 15 is 0 Å². The lowest BCUT2D eigenvalue weighted by Gasteiger charge is -2.38. The van der Waals surface area contributed by atoms with Crippen molar-refractivity contribution in [2.75, 3.05) is 50.9 Å². The fourth-order valence-corrected chi connectivity index (χ4v) is 5.05. The fraction of sp³-hybridized carbons (Fsp3) is 0.435. The molecule has 7 heteroatoms. The van der Waals surface area contributed by atoms with Gasteiger partial charge in [0.25, 0.3) is 11.8 Å². The average Bonchev–Trinajstić information content (AvgIpc) is 2.78. The number of piperazine rings is 1. The first-order chi connectivity index (χ1) is 14.6. The van der Waals surface area contributed by atoms with E-state index in [0.29, 0.717) is 17.7 Å². The van der Waals surface area contributed by atoms with Gasteiger partial charge in [0.1, 0.15) is 0 Å². The number of amides is 2. The minimum Gasteiger partial charge on any atom is -0.367 e. The highest BCUT2D eigenvalue weighted by Gasteiger charge is 2.33. The molecule has 0 bridgehead atoms. The van der Waals surface area contributed by atoms with Gasteiger partial charge in [-0.1, -0.05) is 37.2 Å². The molecule has 0 N–H and O–H groups in total. The Morgan fingerprint density at radius 1 is 1.03 bits per heavy atom. The lowest BCUT2D eigenvalue weighted by Crippen LogP contribution is -2.48.